The van der Waals surface area contributed by atoms with E-state index in [4.69, 9.17) is 10.3 Å². The van der Waals surface area contributed by atoms with Gasteiger partial charge in [-0.05, 0) is 24.7 Å². The Hall–Kier alpha value is -1.20. The van der Waals surface area contributed by atoms with Crippen LogP contribution in [0.3, 0.4) is 0 Å². The summed E-state index contributed by atoms with van der Waals surface area (Å²) in [7, 11) is 0. The molecule has 0 radical (unpaired) electrons. The largest absolute Gasteiger partial charge is 0.361 e. The summed E-state index contributed by atoms with van der Waals surface area (Å²) < 4.78 is 19.3. The molecule has 0 amide bonds. The summed E-state index contributed by atoms with van der Waals surface area (Å²) in [5.41, 5.74) is 6.31. The Kier molecular flexibility index (Phi) is 3.36. The first-order valence-corrected chi connectivity index (χ1v) is 5.61. The molecule has 0 saturated carbocycles. The van der Waals surface area contributed by atoms with Crippen LogP contribution in [-0.4, -0.2) is 11.7 Å². The maximum atomic E-state index is 13.6. The molecule has 2 aromatic rings. The highest BCUT2D eigenvalue weighted by molar-refractivity contribution is 9.10. The van der Waals surface area contributed by atoms with Gasteiger partial charge in [0, 0.05) is 22.5 Å². The first-order chi connectivity index (χ1) is 7.70. The average Bonchev–Trinajstić information content (AvgIpc) is 2.67. The van der Waals surface area contributed by atoms with Crippen LogP contribution in [0.2, 0.25) is 0 Å². The van der Waals surface area contributed by atoms with E-state index in [1.807, 2.05) is 0 Å². The van der Waals surface area contributed by atoms with Crippen LogP contribution in [-0.2, 0) is 6.42 Å². The molecule has 0 aliphatic rings. The monoisotopic (exact) mass is 284 g/mol. The van der Waals surface area contributed by atoms with Gasteiger partial charge in [-0.25, -0.2) is 4.39 Å². The highest BCUT2D eigenvalue weighted by Crippen LogP contribution is 2.25. The van der Waals surface area contributed by atoms with Gasteiger partial charge >= 0.3 is 0 Å². The number of aromatic nitrogens is 1. The molecule has 0 fully saturated rings. The second kappa shape index (κ2) is 4.76. The lowest BCUT2D eigenvalue weighted by Gasteiger charge is -1.98. The Balaban J connectivity index is 2.35. The minimum Gasteiger partial charge on any atom is -0.361 e. The molecule has 1 aromatic heterocycles. The van der Waals surface area contributed by atoms with Crippen molar-refractivity contribution < 1.29 is 8.91 Å². The van der Waals surface area contributed by atoms with Crippen molar-refractivity contribution in [2.75, 3.05) is 6.54 Å². The quantitative estimate of drug-likeness (QED) is 0.943. The molecule has 0 saturated heterocycles. The van der Waals surface area contributed by atoms with Crippen molar-refractivity contribution in [1.29, 1.82) is 0 Å². The summed E-state index contributed by atoms with van der Waals surface area (Å²) in [6.07, 6.45) is 0.602. The van der Waals surface area contributed by atoms with Crippen LogP contribution in [0.4, 0.5) is 4.39 Å². The number of benzene rings is 1. The molecule has 0 bridgehead atoms. The standard InChI is InChI=1S/C11H10BrFN2O/c12-7-1-2-9(10(13)5-7)11-6-8(3-4-14)16-15-11/h1-2,5-6H,3-4,14H2. The van der Waals surface area contributed by atoms with E-state index in [-0.39, 0.29) is 5.82 Å². The predicted octanol–water partition coefficient (Wildman–Crippen LogP) is 2.74. The van der Waals surface area contributed by atoms with Gasteiger partial charge in [-0.2, -0.15) is 0 Å². The number of nitrogens with zero attached hydrogens (tertiary/aromatic N) is 1. The highest BCUT2D eigenvalue weighted by atomic mass is 79.9. The van der Waals surface area contributed by atoms with Crippen molar-refractivity contribution in [3.05, 3.63) is 40.3 Å². The summed E-state index contributed by atoms with van der Waals surface area (Å²) >= 11 is 3.20. The lowest BCUT2D eigenvalue weighted by atomic mass is 10.1. The first-order valence-electron chi connectivity index (χ1n) is 4.82. The van der Waals surface area contributed by atoms with Crippen LogP contribution in [0.5, 0.6) is 0 Å². The Morgan fingerprint density at radius 2 is 2.19 bits per heavy atom. The molecule has 16 heavy (non-hydrogen) atoms. The second-order valence-corrected chi connectivity index (χ2v) is 4.26. The van der Waals surface area contributed by atoms with Crippen molar-refractivity contribution in [3.63, 3.8) is 0 Å². The maximum Gasteiger partial charge on any atom is 0.138 e. The molecule has 0 aliphatic heterocycles. The van der Waals surface area contributed by atoms with Gasteiger partial charge in [0.25, 0.3) is 0 Å². The number of rotatable bonds is 3. The van der Waals surface area contributed by atoms with E-state index >= 15 is 0 Å². The fourth-order valence-electron chi connectivity index (χ4n) is 1.40. The fraction of sp³-hybridized carbons (Fsp3) is 0.182. The van der Waals surface area contributed by atoms with E-state index in [1.54, 1.807) is 18.2 Å². The second-order valence-electron chi connectivity index (χ2n) is 3.34. The van der Waals surface area contributed by atoms with E-state index in [0.717, 1.165) is 0 Å². The predicted molar refractivity (Wildman–Crippen MR) is 62.4 cm³/mol. The molecule has 0 aliphatic carbocycles. The minimum absolute atomic E-state index is 0.332. The molecule has 2 N–H and O–H groups in total. The third-order valence-electron chi connectivity index (χ3n) is 2.16. The summed E-state index contributed by atoms with van der Waals surface area (Å²) in [6.45, 7) is 0.484. The van der Waals surface area contributed by atoms with Gasteiger partial charge in [0.1, 0.15) is 17.3 Å². The first kappa shape index (κ1) is 11.3. The number of hydrogen-bond donors (Lipinski definition) is 1. The van der Waals surface area contributed by atoms with Crippen molar-refractivity contribution in [3.8, 4) is 11.3 Å². The van der Waals surface area contributed by atoms with Gasteiger partial charge in [-0.3, -0.25) is 0 Å². The molecular weight excluding hydrogens is 275 g/mol. The molecule has 1 heterocycles. The number of hydrogen-bond acceptors (Lipinski definition) is 3. The van der Waals surface area contributed by atoms with Crippen LogP contribution in [0, 0.1) is 5.82 Å². The van der Waals surface area contributed by atoms with Gasteiger partial charge in [-0.1, -0.05) is 21.1 Å². The van der Waals surface area contributed by atoms with E-state index in [2.05, 4.69) is 21.1 Å². The summed E-state index contributed by atoms with van der Waals surface area (Å²) in [5.74, 6) is 0.335. The number of halogens is 2. The smallest absolute Gasteiger partial charge is 0.138 e. The Labute approximate surface area is 101 Å². The molecule has 0 unspecified atom stereocenters. The molecule has 0 spiro atoms. The van der Waals surface area contributed by atoms with Crippen molar-refractivity contribution in [2.45, 2.75) is 6.42 Å². The van der Waals surface area contributed by atoms with Crippen molar-refractivity contribution in [2.24, 2.45) is 5.73 Å². The minimum atomic E-state index is -0.332. The van der Waals surface area contributed by atoms with E-state index in [0.29, 0.717) is 34.5 Å². The molecule has 5 heteroatoms. The zero-order chi connectivity index (χ0) is 11.5. The molecular formula is C11H10BrFN2O. The maximum absolute atomic E-state index is 13.6. The molecule has 0 atom stereocenters. The third kappa shape index (κ3) is 2.31. The molecule has 84 valence electrons. The van der Waals surface area contributed by atoms with Crippen LogP contribution >= 0.6 is 15.9 Å². The van der Waals surface area contributed by atoms with Gasteiger partial charge < -0.3 is 10.3 Å². The zero-order valence-electron chi connectivity index (χ0n) is 8.41. The lowest BCUT2D eigenvalue weighted by molar-refractivity contribution is 0.386. The molecule has 3 nitrogen and oxygen atoms in total. The van der Waals surface area contributed by atoms with E-state index in [9.17, 15) is 4.39 Å². The van der Waals surface area contributed by atoms with Gasteiger partial charge in [0.15, 0.2) is 0 Å². The molecule has 2 rings (SSSR count). The lowest BCUT2D eigenvalue weighted by Crippen LogP contribution is -2.01. The van der Waals surface area contributed by atoms with Gasteiger partial charge in [-0.15, -0.1) is 0 Å². The zero-order valence-corrected chi connectivity index (χ0v) is 10.00. The topological polar surface area (TPSA) is 52.0 Å². The Morgan fingerprint density at radius 1 is 1.38 bits per heavy atom. The van der Waals surface area contributed by atoms with E-state index in [1.165, 1.54) is 6.07 Å². The Morgan fingerprint density at radius 3 is 2.88 bits per heavy atom. The fourth-order valence-corrected chi connectivity index (χ4v) is 1.73. The van der Waals surface area contributed by atoms with Gasteiger partial charge in [0.2, 0.25) is 0 Å². The summed E-state index contributed by atoms with van der Waals surface area (Å²) in [4.78, 5) is 0. The van der Waals surface area contributed by atoms with Crippen LogP contribution < -0.4 is 5.73 Å². The average molecular weight is 285 g/mol. The van der Waals surface area contributed by atoms with Crippen LogP contribution in [0.25, 0.3) is 11.3 Å². The van der Waals surface area contributed by atoms with Crippen LogP contribution in [0.15, 0.2) is 33.3 Å². The normalized spacial score (nSPS) is 10.7. The molecule has 1 aromatic carbocycles. The highest BCUT2D eigenvalue weighted by Gasteiger charge is 2.10. The SMILES string of the molecule is NCCc1cc(-c2ccc(Br)cc2F)no1. The Bertz CT molecular complexity index is 498. The van der Waals surface area contributed by atoms with Crippen molar-refractivity contribution in [1.82, 2.24) is 5.16 Å². The number of nitrogens with two attached hydrogens (primary N) is 1. The van der Waals surface area contributed by atoms with Crippen LogP contribution in [0.1, 0.15) is 5.76 Å². The van der Waals surface area contributed by atoms with E-state index < -0.39 is 0 Å². The van der Waals surface area contributed by atoms with Gasteiger partial charge in [0.05, 0.1) is 0 Å². The van der Waals surface area contributed by atoms with Crippen molar-refractivity contribution >= 4 is 15.9 Å². The summed E-state index contributed by atoms with van der Waals surface area (Å²) in [5, 5.41) is 3.81. The third-order valence-corrected chi connectivity index (χ3v) is 2.65. The summed E-state index contributed by atoms with van der Waals surface area (Å²) in [6, 6.07) is 6.52.